The van der Waals surface area contributed by atoms with Gasteiger partial charge in [-0.05, 0) is 26.7 Å². The summed E-state index contributed by atoms with van der Waals surface area (Å²) in [6.45, 7) is 3.82. The molecule has 0 saturated heterocycles. The van der Waals surface area contributed by atoms with E-state index in [1.54, 1.807) is 0 Å². The third-order valence-corrected chi connectivity index (χ3v) is 4.07. The zero-order chi connectivity index (χ0) is 15.4. The Kier molecular flexibility index (Phi) is 4.95. The van der Waals surface area contributed by atoms with Crippen LogP contribution < -0.4 is 5.32 Å². The summed E-state index contributed by atoms with van der Waals surface area (Å²) in [7, 11) is 0. The first-order valence-electron chi connectivity index (χ1n) is 6.89. The molecule has 0 aliphatic carbocycles. The van der Waals surface area contributed by atoms with Crippen molar-refractivity contribution in [3.05, 3.63) is 23.0 Å². The lowest BCUT2D eigenvalue weighted by Gasteiger charge is -2.13. The number of nitrogens with zero attached hydrogens (tertiary/aromatic N) is 2. The molecule has 2 aromatic heterocycles. The van der Waals surface area contributed by atoms with Crippen molar-refractivity contribution in [3.8, 4) is 0 Å². The van der Waals surface area contributed by atoms with Crippen LogP contribution in [-0.4, -0.2) is 32.4 Å². The lowest BCUT2D eigenvalue weighted by Crippen LogP contribution is -2.33. The number of aliphatic carboxylic acids is 1. The Morgan fingerprint density at radius 2 is 2.29 bits per heavy atom. The van der Waals surface area contributed by atoms with Gasteiger partial charge in [0.2, 0.25) is 5.91 Å². The zero-order valence-corrected chi connectivity index (χ0v) is 12.9. The molecule has 0 aliphatic heterocycles. The highest BCUT2D eigenvalue weighted by molar-refractivity contribution is 7.15. The Morgan fingerprint density at radius 1 is 1.52 bits per heavy atom. The minimum atomic E-state index is -0.801. The molecule has 2 rings (SSSR count). The number of aryl methyl sites for hydroxylation is 1. The van der Waals surface area contributed by atoms with Crippen molar-refractivity contribution >= 4 is 28.2 Å². The van der Waals surface area contributed by atoms with Crippen LogP contribution in [0.3, 0.4) is 0 Å². The molecule has 0 bridgehead atoms. The number of amides is 1. The van der Waals surface area contributed by atoms with Gasteiger partial charge in [-0.15, -0.1) is 11.3 Å². The quantitative estimate of drug-likeness (QED) is 0.819. The predicted molar refractivity (Wildman–Crippen MR) is 80.6 cm³/mol. The van der Waals surface area contributed by atoms with Gasteiger partial charge in [-0.2, -0.15) is 0 Å². The molecule has 0 radical (unpaired) electrons. The average Bonchev–Trinajstić information content (AvgIpc) is 2.89. The Labute approximate surface area is 126 Å². The zero-order valence-electron chi connectivity index (χ0n) is 12.1. The SMILES string of the molecule is Cc1cn2c(CC(=O)NC(C)CCCC(=O)O)csc2n1. The summed E-state index contributed by atoms with van der Waals surface area (Å²) in [5.74, 6) is -0.853. The van der Waals surface area contributed by atoms with E-state index in [0.717, 1.165) is 16.3 Å². The van der Waals surface area contributed by atoms with Crippen molar-refractivity contribution in [1.29, 1.82) is 0 Å². The third-order valence-electron chi connectivity index (χ3n) is 3.18. The fourth-order valence-electron chi connectivity index (χ4n) is 2.19. The Bertz CT molecular complexity index is 647. The van der Waals surface area contributed by atoms with Gasteiger partial charge in [0.1, 0.15) is 0 Å². The van der Waals surface area contributed by atoms with Gasteiger partial charge in [0, 0.05) is 29.7 Å². The first-order chi connectivity index (χ1) is 9.95. The third kappa shape index (κ3) is 4.29. The molecule has 6 nitrogen and oxygen atoms in total. The van der Waals surface area contributed by atoms with Gasteiger partial charge in [0.05, 0.1) is 12.1 Å². The van der Waals surface area contributed by atoms with Crippen molar-refractivity contribution in [2.24, 2.45) is 0 Å². The van der Waals surface area contributed by atoms with Crippen LogP contribution >= 0.6 is 11.3 Å². The van der Waals surface area contributed by atoms with E-state index in [2.05, 4.69) is 10.3 Å². The number of aromatic nitrogens is 2. The summed E-state index contributed by atoms with van der Waals surface area (Å²) in [5, 5.41) is 13.4. The molecule has 0 spiro atoms. The molecule has 21 heavy (non-hydrogen) atoms. The largest absolute Gasteiger partial charge is 0.481 e. The van der Waals surface area contributed by atoms with Crippen LogP contribution in [0, 0.1) is 6.92 Å². The molecule has 114 valence electrons. The first kappa shape index (κ1) is 15.5. The summed E-state index contributed by atoms with van der Waals surface area (Å²) in [5.41, 5.74) is 1.86. The number of carboxylic acid groups (broad SMARTS) is 1. The number of thiazole rings is 1. The van der Waals surface area contributed by atoms with Gasteiger partial charge in [0.15, 0.2) is 4.96 Å². The number of carbonyl (C=O) groups is 2. The van der Waals surface area contributed by atoms with Crippen LogP contribution in [0.15, 0.2) is 11.6 Å². The standard InChI is InChI=1S/C14H19N3O3S/c1-9(4-3-5-13(19)20)15-12(18)6-11-8-21-14-16-10(2)7-17(11)14/h7-9H,3-6H2,1-2H3,(H,15,18)(H,19,20). The van der Waals surface area contributed by atoms with Gasteiger partial charge >= 0.3 is 5.97 Å². The number of carboxylic acids is 1. The first-order valence-corrected chi connectivity index (χ1v) is 7.77. The highest BCUT2D eigenvalue weighted by Gasteiger charge is 2.12. The average molecular weight is 309 g/mol. The van der Waals surface area contributed by atoms with E-state index in [1.165, 1.54) is 11.3 Å². The molecule has 1 unspecified atom stereocenters. The maximum absolute atomic E-state index is 12.0. The van der Waals surface area contributed by atoms with E-state index in [4.69, 9.17) is 5.11 Å². The van der Waals surface area contributed by atoms with Crippen molar-refractivity contribution in [3.63, 3.8) is 0 Å². The maximum atomic E-state index is 12.0. The molecule has 1 atom stereocenters. The van der Waals surface area contributed by atoms with Gasteiger partial charge in [-0.1, -0.05) is 0 Å². The smallest absolute Gasteiger partial charge is 0.303 e. The summed E-state index contributed by atoms with van der Waals surface area (Å²) >= 11 is 1.52. The number of nitrogens with one attached hydrogen (secondary N) is 1. The summed E-state index contributed by atoms with van der Waals surface area (Å²) in [4.78, 5) is 27.7. The van der Waals surface area contributed by atoms with Crippen molar-refractivity contribution in [2.45, 2.75) is 45.6 Å². The van der Waals surface area contributed by atoms with Gasteiger partial charge < -0.3 is 10.4 Å². The van der Waals surface area contributed by atoms with Crippen LogP contribution in [0.5, 0.6) is 0 Å². The van der Waals surface area contributed by atoms with E-state index in [-0.39, 0.29) is 18.4 Å². The van der Waals surface area contributed by atoms with Crippen LogP contribution in [0.1, 0.15) is 37.6 Å². The molecule has 0 fully saturated rings. The summed E-state index contributed by atoms with van der Waals surface area (Å²) < 4.78 is 1.94. The predicted octanol–water partition coefficient (Wildman–Crippen LogP) is 2.01. The molecule has 0 aromatic carbocycles. The normalized spacial score (nSPS) is 12.5. The molecule has 0 aliphatic rings. The maximum Gasteiger partial charge on any atom is 0.303 e. The highest BCUT2D eigenvalue weighted by atomic mass is 32.1. The number of imidazole rings is 1. The topological polar surface area (TPSA) is 83.7 Å². The van der Waals surface area contributed by atoms with E-state index in [9.17, 15) is 9.59 Å². The molecule has 0 saturated carbocycles. The van der Waals surface area contributed by atoms with Crippen LogP contribution in [0.2, 0.25) is 0 Å². The molecule has 2 N–H and O–H groups in total. The fraction of sp³-hybridized carbons (Fsp3) is 0.500. The van der Waals surface area contributed by atoms with Gasteiger partial charge in [-0.3, -0.25) is 14.0 Å². The van der Waals surface area contributed by atoms with Crippen LogP contribution in [-0.2, 0) is 16.0 Å². The van der Waals surface area contributed by atoms with E-state index < -0.39 is 5.97 Å². The van der Waals surface area contributed by atoms with Crippen molar-refractivity contribution in [1.82, 2.24) is 14.7 Å². The second-order valence-electron chi connectivity index (χ2n) is 5.19. The summed E-state index contributed by atoms with van der Waals surface area (Å²) in [6.07, 6.45) is 3.60. The van der Waals surface area contributed by atoms with Crippen molar-refractivity contribution < 1.29 is 14.7 Å². The Morgan fingerprint density at radius 3 is 3.00 bits per heavy atom. The van der Waals surface area contributed by atoms with E-state index in [0.29, 0.717) is 19.3 Å². The number of fused-ring (bicyclic) bond motifs is 1. The monoisotopic (exact) mass is 309 g/mol. The molecular formula is C14H19N3O3S. The molecule has 2 aromatic rings. The Balaban J connectivity index is 1.85. The van der Waals surface area contributed by atoms with Crippen LogP contribution in [0.4, 0.5) is 0 Å². The van der Waals surface area contributed by atoms with Gasteiger partial charge in [0.25, 0.3) is 0 Å². The lowest BCUT2D eigenvalue weighted by molar-refractivity contribution is -0.137. The lowest BCUT2D eigenvalue weighted by atomic mass is 10.1. The van der Waals surface area contributed by atoms with Crippen LogP contribution in [0.25, 0.3) is 4.96 Å². The van der Waals surface area contributed by atoms with Crippen molar-refractivity contribution in [2.75, 3.05) is 0 Å². The number of hydrogen-bond acceptors (Lipinski definition) is 4. The van der Waals surface area contributed by atoms with E-state index in [1.807, 2.05) is 29.8 Å². The fourth-order valence-corrected chi connectivity index (χ4v) is 3.11. The molecule has 7 heteroatoms. The number of hydrogen-bond donors (Lipinski definition) is 2. The summed E-state index contributed by atoms with van der Waals surface area (Å²) in [6, 6.07) is -0.0181. The van der Waals surface area contributed by atoms with E-state index >= 15 is 0 Å². The Hall–Kier alpha value is -1.89. The minimum Gasteiger partial charge on any atom is -0.481 e. The number of carbonyl (C=O) groups excluding carboxylic acids is 1. The molecule has 2 heterocycles. The highest BCUT2D eigenvalue weighted by Crippen LogP contribution is 2.17. The number of rotatable bonds is 7. The minimum absolute atomic E-state index is 0.0181. The molecule has 1 amide bonds. The second kappa shape index (κ2) is 6.71. The molecular weight excluding hydrogens is 290 g/mol. The second-order valence-corrected chi connectivity index (χ2v) is 6.03. The van der Waals surface area contributed by atoms with Gasteiger partial charge in [-0.25, -0.2) is 4.98 Å².